The molecular formula is C10H16N2OS. The van der Waals surface area contributed by atoms with E-state index in [0.717, 1.165) is 22.8 Å². The Hall–Kier alpha value is -0.900. The van der Waals surface area contributed by atoms with E-state index in [1.807, 2.05) is 27.7 Å². The molecule has 3 nitrogen and oxygen atoms in total. The van der Waals surface area contributed by atoms with Crippen molar-refractivity contribution in [3.8, 4) is 0 Å². The molecule has 0 saturated heterocycles. The van der Waals surface area contributed by atoms with E-state index in [4.69, 9.17) is 4.84 Å². The SMILES string of the molecule is CC1=NOC(C)C1.Cc1csc(C)n1. The largest absolute Gasteiger partial charge is 0.392 e. The predicted octanol–water partition coefficient (Wildman–Crippen LogP) is 2.93. The van der Waals surface area contributed by atoms with Gasteiger partial charge in [-0.2, -0.15) is 0 Å². The van der Waals surface area contributed by atoms with Crippen LogP contribution in [0.5, 0.6) is 0 Å². The Labute approximate surface area is 88.8 Å². The van der Waals surface area contributed by atoms with Gasteiger partial charge in [-0.3, -0.25) is 0 Å². The highest BCUT2D eigenvalue weighted by Gasteiger charge is 2.10. The Morgan fingerprint density at radius 1 is 1.43 bits per heavy atom. The lowest BCUT2D eigenvalue weighted by atomic mass is 10.2. The normalized spacial score (nSPS) is 19.4. The Bertz CT molecular complexity index is 303. The van der Waals surface area contributed by atoms with Gasteiger partial charge in [-0.15, -0.1) is 11.3 Å². The minimum Gasteiger partial charge on any atom is -0.392 e. The molecule has 1 unspecified atom stereocenters. The van der Waals surface area contributed by atoms with Crippen LogP contribution >= 0.6 is 11.3 Å². The second kappa shape index (κ2) is 5.10. The summed E-state index contributed by atoms with van der Waals surface area (Å²) >= 11 is 1.69. The van der Waals surface area contributed by atoms with E-state index in [1.54, 1.807) is 11.3 Å². The van der Waals surface area contributed by atoms with Gasteiger partial charge in [-0.25, -0.2) is 4.98 Å². The van der Waals surface area contributed by atoms with E-state index in [-0.39, 0.29) is 0 Å². The molecule has 14 heavy (non-hydrogen) atoms. The Morgan fingerprint density at radius 3 is 2.29 bits per heavy atom. The first kappa shape index (κ1) is 11.2. The third kappa shape index (κ3) is 3.87. The number of oxime groups is 1. The number of aromatic nitrogens is 1. The summed E-state index contributed by atoms with van der Waals surface area (Å²) in [5.74, 6) is 0. The number of hydrogen-bond donors (Lipinski definition) is 0. The van der Waals surface area contributed by atoms with Crippen LogP contribution < -0.4 is 0 Å². The van der Waals surface area contributed by atoms with Gasteiger partial charge in [-0.05, 0) is 27.7 Å². The maximum atomic E-state index is 4.85. The van der Waals surface area contributed by atoms with Gasteiger partial charge in [0.25, 0.3) is 0 Å². The molecule has 2 heterocycles. The van der Waals surface area contributed by atoms with E-state index in [0.29, 0.717) is 6.10 Å². The number of rotatable bonds is 0. The minimum atomic E-state index is 0.319. The van der Waals surface area contributed by atoms with Crippen LogP contribution in [0.15, 0.2) is 10.5 Å². The molecule has 2 rings (SSSR count). The lowest BCUT2D eigenvalue weighted by molar-refractivity contribution is 0.0995. The lowest BCUT2D eigenvalue weighted by Gasteiger charge is -1.93. The zero-order valence-corrected chi connectivity index (χ0v) is 9.89. The van der Waals surface area contributed by atoms with Crippen LogP contribution in [-0.2, 0) is 4.84 Å². The summed E-state index contributed by atoms with van der Waals surface area (Å²) in [6, 6.07) is 0. The molecule has 0 saturated carbocycles. The Kier molecular flexibility index (Phi) is 4.07. The van der Waals surface area contributed by atoms with Gasteiger partial charge in [0.05, 0.1) is 10.7 Å². The van der Waals surface area contributed by atoms with Gasteiger partial charge in [0.15, 0.2) is 0 Å². The second-order valence-electron chi connectivity index (χ2n) is 3.45. The molecule has 0 spiro atoms. The summed E-state index contributed by atoms with van der Waals surface area (Å²) in [6.07, 6.45) is 1.32. The van der Waals surface area contributed by atoms with Crippen molar-refractivity contribution in [3.05, 3.63) is 16.1 Å². The molecule has 0 radical (unpaired) electrons. The van der Waals surface area contributed by atoms with Gasteiger partial charge >= 0.3 is 0 Å². The first-order chi connectivity index (χ1) is 6.58. The van der Waals surface area contributed by atoms with Crippen LogP contribution in [0.1, 0.15) is 31.0 Å². The number of aryl methyl sites for hydroxylation is 2. The molecule has 1 aromatic heterocycles. The number of thiazole rings is 1. The molecule has 1 atom stereocenters. The molecule has 0 amide bonds. The van der Waals surface area contributed by atoms with Crippen molar-refractivity contribution in [2.75, 3.05) is 0 Å². The van der Waals surface area contributed by atoms with Gasteiger partial charge in [0.1, 0.15) is 6.10 Å². The molecule has 0 fully saturated rings. The lowest BCUT2D eigenvalue weighted by Crippen LogP contribution is -1.97. The van der Waals surface area contributed by atoms with Crippen LogP contribution in [-0.4, -0.2) is 16.8 Å². The Morgan fingerprint density at radius 2 is 2.14 bits per heavy atom. The average molecular weight is 212 g/mol. The first-order valence-electron chi connectivity index (χ1n) is 4.66. The fourth-order valence-electron chi connectivity index (χ4n) is 1.14. The summed E-state index contributed by atoms with van der Waals surface area (Å²) in [6.45, 7) is 8.00. The molecule has 4 heteroatoms. The van der Waals surface area contributed by atoms with E-state index < -0.39 is 0 Å². The smallest absolute Gasteiger partial charge is 0.130 e. The molecule has 0 aromatic carbocycles. The monoisotopic (exact) mass is 212 g/mol. The summed E-state index contributed by atoms with van der Waals surface area (Å²) in [4.78, 5) is 8.98. The summed E-state index contributed by atoms with van der Waals surface area (Å²) in [7, 11) is 0. The molecule has 1 aromatic rings. The van der Waals surface area contributed by atoms with Gasteiger partial charge in [-0.1, -0.05) is 5.16 Å². The molecule has 0 N–H and O–H groups in total. The van der Waals surface area contributed by atoms with Crippen LogP contribution in [0.3, 0.4) is 0 Å². The standard InChI is InChI=1S/C5H9NO.C5H7NS/c1-4-3-5(2)7-6-4;1-4-3-7-5(2)6-4/h5H,3H2,1-2H3;3H,1-2H3. The van der Waals surface area contributed by atoms with Crippen molar-refractivity contribution >= 4 is 17.0 Å². The van der Waals surface area contributed by atoms with E-state index >= 15 is 0 Å². The summed E-state index contributed by atoms with van der Waals surface area (Å²) < 4.78 is 0. The van der Waals surface area contributed by atoms with Crippen LogP contribution in [0, 0.1) is 13.8 Å². The third-order valence-corrected chi connectivity index (χ3v) is 2.60. The quantitative estimate of drug-likeness (QED) is 0.662. The van der Waals surface area contributed by atoms with E-state index in [2.05, 4.69) is 15.5 Å². The highest BCUT2D eigenvalue weighted by Crippen LogP contribution is 2.07. The third-order valence-electron chi connectivity index (χ3n) is 1.71. The molecule has 78 valence electrons. The van der Waals surface area contributed by atoms with E-state index in [1.165, 1.54) is 0 Å². The second-order valence-corrected chi connectivity index (χ2v) is 4.52. The maximum Gasteiger partial charge on any atom is 0.130 e. The van der Waals surface area contributed by atoms with Crippen LogP contribution in [0.25, 0.3) is 0 Å². The molecule has 1 aliphatic rings. The van der Waals surface area contributed by atoms with Crippen molar-refractivity contribution in [3.63, 3.8) is 0 Å². The Balaban J connectivity index is 0.000000140. The van der Waals surface area contributed by atoms with Crippen molar-refractivity contribution < 1.29 is 4.84 Å². The fraction of sp³-hybridized carbons (Fsp3) is 0.600. The summed E-state index contributed by atoms with van der Waals surface area (Å²) in [5.41, 5.74) is 2.23. The minimum absolute atomic E-state index is 0.319. The molecule has 1 aliphatic heterocycles. The average Bonchev–Trinajstić information content (AvgIpc) is 2.63. The van der Waals surface area contributed by atoms with Crippen LogP contribution in [0.2, 0.25) is 0 Å². The van der Waals surface area contributed by atoms with Crippen molar-refractivity contribution in [2.24, 2.45) is 5.16 Å². The van der Waals surface area contributed by atoms with Gasteiger partial charge in [0.2, 0.25) is 0 Å². The topological polar surface area (TPSA) is 34.5 Å². The van der Waals surface area contributed by atoms with Crippen molar-refractivity contribution in [1.29, 1.82) is 0 Å². The van der Waals surface area contributed by atoms with Crippen LogP contribution in [0.4, 0.5) is 0 Å². The summed E-state index contributed by atoms with van der Waals surface area (Å²) in [5, 5.41) is 6.94. The maximum absolute atomic E-state index is 4.85. The zero-order chi connectivity index (χ0) is 10.6. The molecule has 0 aliphatic carbocycles. The van der Waals surface area contributed by atoms with E-state index in [9.17, 15) is 0 Å². The van der Waals surface area contributed by atoms with Crippen molar-refractivity contribution in [1.82, 2.24) is 4.98 Å². The number of hydrogen-bond acceptors (Lipinski definition) is 4. The first-order valence-corrected chi connectivity index (χ1v) is 5.54. The highest BCUT2D eigenvalue weighted by molar-refractivity contribution is 7.09. The zero-order valence-electron chi connectivity index (χ0n) is 9.07. The van der Waals surface area contributed by atoms with Gasteiger partial charge < -0.3 is 4.84 Å². The number of nitrogens with zero attached hydrogens (tertiary/aromatic N) is 2. The molecule has 0 bridgehead atoms. The van der Waals surface area contributed by atoms with Crippen molar-refractivity contribution in [2.45, 2.75) is 40.2 Å². The predicted molar refractivity (Wildman–Crippen MR) is 59.9 cm³/mol. The highest BCUT2D eigenvalue weighted by atomic mass is 32.1. The van der Waals surface area contributed by atoms with Gasteiger partial charge in [0, 0.05) is 17.5 Å². The fourth-order valence-corrected chi connectivity index (χ4v) is 1.73. The molecular weight excluding hydrogens is 196 g/mol.